The van der Waals surface area contributed by atoms with Gasteiger partial charge < -0.3 is 35.6 Å². The third-order valence-electron chi connectivity index (χ3n) is 7.39. The van der Waals surface area contributed by atoms with E-state index in [1.807, 2.05) is 0 Å². The number of carboxylic acids is 1. The summed E-state index contributed by atoms with van der Waals surface area (Å²) in [6.45, 7) is 0.317. The average Bonchev–Trinajstić information content (AvgIpc) is 3.70. The van der Waals surface area contributed by atoms with E-state index in [-0.39, 0.29) is 36.6 Å². The predicted molar refractivity (Wildman–Crippen MR) is 150 cm³/mol. The number of carbonyl (C=O) groups excluding carboxylic acids is 4. The summed E-state index contributed by atoms with van der Waals surface area (Å²) in [5.41, 5.74) is -0.448. The van der Waals surface area contributed by atoms with E-state index >= 15 is 0 Å². The Kier molecular flexibility index (Phi) is 11.5. The number of likely N-dealkylation sites (tertiary alicyclic amines) is 1. The highest BCUT2D eigenvalue weighted by atomic mass is 19.3. The van der Waals surface area contributed by atoms with Crippen LogP contribution in [0.3, 0.4) is 0 Å². The fourth-order valence-corrected chi connectivity index (χ4v) is 5.09. The van der Waals surface area contributed by atoms with E-state index in [0.717, 1.165) is 28.9 Å². The molecule has 0 aliphatic carbocycles. The first-order valence-electron chi connectivity index (χ1n) is 14.5. The molecule has 2 aliphatic heterocycles. The Bertz CT molecular complexity index is 1450. The van der Waals surface area contributed by atoms with Crippen LogP contribution in [-0.2, 0) is 19.2 Å². The zero-order valence-electron chi connectivity index (χ0n) is 24.5. The molecular formula is C28H33F4N7O7. The van der Waals surface area contributed by atoms with Crippen molar-refractivity contribution in [3.8, 4) is 11.6 Å². The summed E-state index contributed by atoms with van der Waals surface area (Å²) in [5, 5.41) is 20.9. The zero-order valence-corrected chi connectivity index (χ0v) is 24.5. The molecule has 0 bridgehead atoms. The summed E-state index contributed by atoms with van der Waals surface area (Å²) >= 11 is 0. The lowest BCUT2D eigenvalue weighted by atomic mass is 10.1. The Hall–Kier alpha value is -4.74. The smallest absolute Gasteiger partial charge is 0.303 e. The number of carboxylic acid groups (broad SMARTS) is 1. The molecule has 0 unspecified atom stereocenters. The molecule has 2 saturated heterocycles. The largest absolute Gasteiger partial charge is 0.481 e. The molecule has 250 valence electrons. The van der Waals surface area contributed by atoms with Crippen LogP contribution in [0.25, 0.3) is 5.69 Å². The van der Waals surface area contributed by atoms with Gasteiger partial charge in [-0.15, -0.1) is 0 Å². The minimum atomic E-state index is -2.77. The van der Waals surface area contributed by atoms with E-state index in [2.05, 4.69) is 21.0 Å². The SMILES string of the molecule is O=C(O)CC[C@H](NC(=O)c1cc(OCC(=O)N2CCC[C@H]2C(=O)NCC(F)F)n(-c2ccc(F)c(F)c2)n1)C(=O)N1CCNCC1. The van der Waals surface area contributed by atoms with Crippen molar-refractivity contribution in [3.05, 3.63) is 41.6 Å². The highest BCUT2D eigenvalue weighted by Crippen LogP contribution is 2.23. The molecule has 0 spiro atoms. The number of hydrogen-bond acceptors (Lipinski definition) is 8. The van der Waals surface area contributed by atoms with E-state index in [9.17, 15) is 46.6 Å². The van der Waals surface area contributed by atoms with E-state index < -0.39 is 79.3 Å². The van der Waals surface area contributed by atoms with E-state index in [1.54, 1.807) is 0 Å². The number of hydrogen-bond donors (Lipinski definition) is 4. The summed E-state index contributed by atoms with van der Waals surface area (Å²) < 4.78 is 59.4. The van der Waals surface area contributed by atoms with Crippen LogP contribution >= 0.6 is 0 Å². The number of carbonyl (C=O) groups is 5. The predicted octanol–water partition coefficient (Wildman–Crippen LogP) is 0.297. The van der Waals surface area contributed by atoms with Gasteiger partial charge in [-0.3, -0.25) is 24.0 Å². The van der Waals surface area contributed by atoms with Crippen LogP contribution in [0.1, 0.15) is 36.2 Å². The number of nitrogens with one attached hydrogen (secondary N) is 3. The van der Waals surface area contributed by atoms with Crippen molar-refractivity contribution in [2.45, 2.75) is 44.2 Å². The molecule has 2 aromatic rings. The maximum Gasteiger partial charge on any atom is 0.303 e. The second-order valence-electron chi connectivity index (χ2n) is 10.6. The number of benzene rings is 1. The summed E-state index contributed by atoms with van der Waals surface area (Å²) in [5.74, 6) is -6.68. The third kappa shape index (κ3) is 8.70. The first kappa shape index (κ1) is 34.1. The van der Waals surface area contributed by atoms with Crippen molar-refractivity contribution in [1.29, 1.82) is 0 Å². The van der Waals surface area contributed by atoms with Crippen molar-refractivity contribution in [2.75, 3.05) is 45.9 Å². The van der Waals surface area contributed by atoms with Gasteiger partial charge in [-0.05, 0) is 31.4 Å². The Labute approximate surface area is 260 Å². The highest BCUT2D eigenvalue weighted by Gasteiger charge is 2.35. The van der Waals surface area contributed by atoms with Gasteiger partial charge in [-0.2, -0.15) is 5.10 Å². The Morgan fingerprint density at radius 3 is 2.48 bits per heavy atom. The summed E-state index contributed by atoms with van der Waals surface area (Å²) in [6, 6.07) is 1.58. The number of ether oxygens (including phenoxy) is 1. The Morgan fingerprint density at radius 1 is 1.07 bits per heavy atom. The minimum Gasteiger partial charge on any atom is -0.481 e. The number of aliphatic carboxylic acids is 1. The van der Waals surface area contributed by atoms with Crippen LogP contribution in [0.15, 0.2) is 24.3 Å². The van der Waals surface area contributed by atoms with Gasteiger partial charge in [0.2, 0.25) is 17.7 Å². The fourth-order valence-electron chi connectivity index (χ4n) is 5.09. The van der Waals surface area contributed by atoms with E-state index in [1.165, 1.54) is 9.80 Å². The second-order valence-corrected chi connectivity index (χ2v) is 10.6. The average molecular weight is 656 g/mol. The summed E-state index contributed by atoms with van der Waals surface area (Å²) in [7, 11) is 0. The van der Waals surface area contributed by atoms with Crippen LogP contribution in [0.5, 0.6) is 5.88 Å². The first-order valence-corrected chi connectivity index (χ1v) is 14.5. The van der Waals surface area contributed by atoms with Gasteiger partial charge in [0.25, 0.3) is 18.2 Å². The van der Waals surface area contributed by atoms with Gasteiger partial charge >= 0.3 is 5.97 Å². The standard InChI is InChI=1S/C28H33F4N7O7/c29-17-4-3-16(12-18(17)30)39-24(46-15-23(40)38-9-1-2-21(38)27(44)34-14-22(31)32)13-20(36-39)26(43)35-19(5-6-25(41)42)28(45)37-10-7-33-8-11-37/h3-4,12-13,19,21-22,33H,1-2,5-11,14-15H2,(H,34,44)(H,35,43)(H,41,42)/t19-,21-/m0/s1. The van der Waals surface area contributed by atoms with Crippen molar-refractivity contribution in [1.82, 2.24) is 35.5 Å². The van der Waals surface area contributed by atoms with Crippen molar-refractivity contribution in [3.63, 3.8) is 0 Å². The Morgan fingerprint density at radius 2 is 1.80 bits per heavy atom. The lowest BCUT2D eigenvalue weighted by Crippen LogP contribution is -2.54. The summed E-state index contributed by atoms with van der Waals surface area (Å²) in [4.78, 5) is 65.7. The normalized spacial score (nSPS) is 17.1. The fraction of sp³-hybridized carbons (Fsp3) is 0.500. The van der Waals surface area contributed by atoms with E-state index in [0.29, 0.717) is 32.6 Å². The molecule has 1 aromatic carbocycles. The van der Waals surface area contributed by atoms with Crippen LogP contribution < -0.4 is 20.7 Å². The lowest BCUT2D eigenvalue weighted by molar-refractivity contribution is -0.140. The molecule has 0 saturated carbocycles. The van der Waals surface area contributed by atoms with Gasteiger partial charge in [0.15, 0.2) is 23.9 Å². The quantitative estimate of drug-likeness (QED) is 0.221. The molecule has 2 aliphatic rings. The molecule has 18 heteroatoms. The van der Waals surface area contributed by atoms with Gasteiger partial charge in [0.05, 0.1) is 12.2 Å². The number of piperazine rings is 1. The molecule has 4 rings (SSSR count). The number of nitrogens with zero attached hydrogens (tertiary/aromatic N) is 4. The minimum absolute atomic E-state index is 0.0925. The molecule has 4 N–H and O–H groups in total. The molecular weight excluding hydrogens is 622 g/mol. The van der Waals surface area contributed by atoms with Gasteiger partial charge in [-0.1, -0.05) is 0 Å². The third-order valence-corrected chi connectivity index (χ3v) is 7.39. The topological polar surface area (TPSA) is 175 Å². The molecule has 46 heavy (non-hydrogen) atoms. The zero-order chi connectivity index (χ0) is 33.4. The number of rotatable bonds is 13. The maximum absolute atomic E-state index is 14.1. The van der Waals surface area contributed by atoms with Gasteiger partial charge in [-0.25, -0.2) is 22.2 Å². The number of amides is 4. The molecule has 4 amide bonds. The molecule has 2 atom stereocenters. The van der Waals surface area contributed by atoms with Crippen LogP contribution in [0.4, 0.5) is 17.6 Å². The van der Waals surface area contributed by atoms with Crippen LogP contribution in [-0.4, -0.2) is 119 Å². The number of halogens is 4. The maximum atomic E-state index is 14.1. The van der Waals surface area contributed by atoms with E-state index in [4.69, 9.17) is 4.74 Å². The number of aromatic nitrogens is 2. The van der Waals surface area contributed by atoms with Crippen molar-refractivity contribution < 1.29 is 51.4 Å². The molecule has 0 radical (unpaired) electrons. The van der Waals surface area contributed by atoms with Crippen molar-refractivity contribution in [2.24, 2.45) is 0 Å². The number of alkyl halides is 2. The highest BCUT2D eigenvalue weighted by molar-refractivity contribution is 5.96. The Balaban J connectivity index is 1.54. The molecule has 1 aromatic heterocycles. The van der Waals surface area contributed by atoms with Crippen LogP contribution in [0.2, 0.25) is 0 Å². The molecule has 3 heterocycles. The monoisotopic (exact) mass is 655 g/mol. The van der Waals surface area contributed by atoms with Gasteiger partial charge in [0, 0.05) is 51.3 Å². The van der Waals surface area contributed by atoms with Gasteiger partial charge in [0.1, 0.15) is 12.1 Å². The first-order chi connectivity index (χ1) is 21.9. The second kappa shape index (κ2) is 15.5. The lowest BCUT2D eigenvalue weighted by Gasteiger charge is -2.31. The van der Waals surface area contributed by atoms with Crippen LogP contribution in [0, 0.1) is 11.6 Å². The molecule has 2 fully saturated rings. The summed E-state index contributed by atoms with van der Waals surface area (Å²) in [6.07, 6.45) is -2.72. The molecule has 14 nitrogen and oxygen atoms in total. The van der Waals surface area contributed by atoms with Crippen molar-refractivity contribution >= 4 is 29.6 Å².